The number of carbonyl (C=O) groups is 1. The molecule has 0 bridgehead atoms. The molecule has 3 N–H and O–H groups in total. The predicted octanol–water partition coefficient (Wildman–Crippen LogP) is 2.10. The monoisotopic (exact) mass is 297 g/mol. The van der Waals surface area contributed by atoms with Crippen molar-refractivity contribution in [3.63, 3.8) is 0 Å². The zero-order chi connectivity index (χ0) is 15.4. The summed E-state index contributed by atoms with van der Waals surface area (Å²) in [4.78, 5) is 14.2. The standard InChI is InChI=1S/C15H21F2N3O/c1-10-3-2-4-12(8-18)20(10)9-15(21)19-11-5-6-13(16)14(17)7-11/h5-7,10,12H,2-4,8-9,18H2,1H3,(H,19,21). The molecule has 1 aliphatic heterocycles. The van der Waals surface area contributed by atoms with Gasteiger partial charge in [-0.2, -0.15) is 0 Å². The second-order valence-corrected chi connectivity index (χ2v) is 5.52. The Kier molecular flexibility index (Phi) is 5.25. The summed E-state index contributed by atoms with van der Waals surface area (Å²) in [6.07, 6.45) is 3.14. The molecule has 1 amide bonds. The van der Waals surface area contributed by atoms with Crippen LogP contribution >= 0.6 is 0 Å². The number of nitrogens with two attached hydrogens (primary N) is 1. The van der Waals surface area contributed by atoms with Crippen LogP contribution in [-0.2, 0) is 4.79 Å². The number of benzene rings is 1. The minimum absolute atomic E-state index is 0.199. The number of anilines is 1. The van der Waals surface area contributed by atoms with Gasteiger partial charge in [-0.3, -0.25) is 9.69 Å². The van der Waals surface area contributed by atoms with Crippen LogP contribution in [0.2, 0.25) is 0 Å². The molecule has 2 atom stereocenters. The van der Waals surface area contributed by atoms with E-state index in [1.807, 2.05) is 0 Å². The Labute approximate surface area is 123 Å². The number of carbonyl (C=O) groups excluding carboxylic acids is 1. The van der Waals surface area contributed by atoms with Gasteiger partial charge in [-0.25, -0.2) is 8.78 Å². The minimum atomic E-state index is -0.973. The van der Waals surface area contributed by atoms with E-state index in [0.717, 1.165) is 31.4 Å². The van der Waals surface area contributed by atoms with E-state index in [1.54, 1.807) is 0 Å². The van der Waals surface area contributed by atoms with Crippen LogP contribution in [-0.4, -0.2) is 36.0 Å². The lowest BCUT2D eigenvalue weighted by Crippen LogP contribution is -2.51. The van der Waals surface area contributed by atoms with Crippen LogP contribution in [0.1, 0.15) is 26.2 Å². The smallest absolute Gasteiger partial charge is 0.238 e. The molecule has 0 spiro atoms. The van der Waals surface area contributed by atoms with Crippen molar-refractivity contribution in [3.05, 3.63) is 29.8 Å². The van der Waals surface area contributed by atoms with E-state index in [9.17, 15) is 13.6 Å². The minimum Gasteiger partial charge on any atom is -0.329 e. The van der Waals surface area contributed by atoms with Gasteiger partial charge in [0.15, 0.2) is 11.6 Å². The lowest BCUT2D eigenvalue weighted by atomic mass is 9.96. The highest BCUT2D eigenvalue weighted by Crippen LogP contribution is 2.22. The molecule has 0 radical (unpaired) electrons. The third-order valence-electron chi connectivity index (χ3n) is 4.00. The lowest BCUT2D eigenvalue weighted by Gasteiger charge is -2.39. The van der Waals surface area contributed by atoms with E-state index in [0.29, 0.717) is 12.6 Å². The van der Waals surface area contributed by atoms with Gasteiger partial charge in [0.05, 0.1) is 6.54 Å². The van der Waals surface area contributed by atoms with Crippen LogP contribution in [0.25, 0.3) is 0 Å². The molecule has 1 aliphatic rings. The number of hydrogen-bond donors (Lipinski definition) is 2. The Morgan fingerprint density at radius 3 is 2.81 bits per heavy atom. The third kappa shape index (κ3) is 3.98. The van der Waals surface area contributed by atoms with E-state index in [2.05, 4.69) is 17.1 Å². The van der Waals surface area contributed by atoms with Crippen molar-refractivity contribution in [3.8, 4) is 0 Å². The Balaban J connectivity index is 1.98. The maximum absolute atomic E-state index is 13.1. The van der Waals surface area contributed by atoms with E-state index >= 15 is 0 Å². The SMILES string of the molecule is CC1CCCC(CN)N1CC(=O)Nc1ccc(F)c(F)c1. The van der Waals surface area contributed by atoms with Crippen LogP contribution in [0.5, 0.6) is 0 Å². The van der Waals surface area contributed by atoms with Gasteiger partial charge in [0, 0.05) is 30.4 Å². The van der Waals surface area contributed by atoms with Crippen molar-refractivity contribution in [2.75, 3.05) is 18.4 Å². The number of halogens is 2. The molecule has 0 aliphatic carbocycles. The van der Waals surface area contributed by atoms with E-state index in [-0.39, 0.29) is 24.2 Å². The maximum atomic E-state index is 13.1. The summed E-state index contributed by atoms with van der Waals surface area (Å²) >= 11 is 0. The second kappa shape index (κ2) is 6.95. The summed E-state index contributed by atoms with van der Waals surface area (Å²) in [7, 11) is 0. The number of likely N-dealkylation sites (tertiary alicyclic amines) is 1. The summed E-state index contributed by atoms with van der Waals surface area (Å²) < 4.78 is 26.0. The molecule has 1 aromatic carbocycles. The molecule has 4 nitrogen and oxygen atoms in total. The molecule has 6 heteroatoms. The first-order valence-electron chi connectivity index (χ1n) is 7.22. The van der Waals surface area contributed by atoms with Crippen LogP contribution in [0.4, 0.5) is 14.5 Å². The highest BCUT2D eigenvalue weighted by molar-refractivity contribution is 5.92. The number of rotatable bonds is 4. The van der Waals surface area contributed by atoms with Gasteiger partial charge in [0.2, 0.25) is 5.91 Å². The predicted molar refractivity (Wildman–Crippen MR) is 77.8 cm³/mol. The summed E-state index contributed by atoms with van der Waals surface area (Å²) in [5.74, 6) is -2.15. The van der Waals surface area contributed by atoms with Gasteiger partial charge in [0.1, 0.15) is 0 Å². The zero-order valence-corrected chi connectivity index (χ0v) is 12.1. The summed E-state index contributed by atoms with van der Waals surface area (Å²) in [5.41, 5.74) is 6.01. The maximum Gasteiger partial charge on any atom is 0.238 e. The van der Waals surface area contributed by atoms with Gasteiger partial charge < -0.3 is 11.1 Å². The average Bonchev–Trinajstić information content (AvgIpc) is 2.45. The van der Waals surface area contributed by atoms with Crippen molar-refractivity contribution >= 4 is 11.6 Å². The fraction of sp³-hybridized carbons (Fsp3) is 0.533. The van der Waals surface area contributed by atoms with Gasteiger partial charge in [-0.15, -0.1) is 0 Å². The van der Waals surface area contributed by atoms with Crippen LogP contribution in [0, 0.1) is 11.6 Å². The normalized spacial score (nSPS) is 23.0. The van der Waals surface area contributed by atoms with Crippen LogP contribution in [0.3, 0.4) is 0 Å². The molecule has 0 aromatic heterocycles. The Morgan fingerprint density at radius 2 is 2.14 bits per heavy atom. The zero-order valence-electron chi connectivity index (χ0n) is 12.1. The topological polar surface area (TPSA) is 58.4 Å². The van der Waals surface area contributed by atoms with Crippen molar-refractivity contribution in [1.82, 2.24) is 4.90 Å². The van der Waals surface area contributed by atoms with E-state index in [4.69, 9.17) is 5.73 Å². The number of hydrogen-bond acceptors (Lipinski definition) is 3. The lowest BCUT2D eigenvalue weighted by molar-refractivity contribution is -0.118. The van der Waals surface area contributed by atoms with Crippen molar-refractivity contribution in [2.24, 2.45) is 5.73 Å². The largest absolute Gasteiger partial charge is 0.329 e. The average molecular weight is 297 g/mol. The molecule has 1 saturated heterocycles. The molecular weight excluding hydrogens is 276 g/mol. The highest BCUT2D eigenvalue weighted by Gasteiger charge is 2.28. The Hall–Kier alpha value is -1.53. The molecule has 2 unspecified atom stereocenters. The van der Waals surface area contributed by atoms with Crippen molar-refractivity contribution in [1.29, 1.82) is 0 Å². The molecule has 2 rings (SSSR count). The van der Waals surface area contributed by atoms with E-state index < -0.39 is 11.6 Å². The fourth-order valence-corrected chi connectivity index (χ4v) is 2.82. The number of amides is 1. The second-order valence-electron chi connectivity index (χ2n) is 5.52. The molecular formula is C15H21F2N3O. The first-order valence-corrected chi connectivity index (χ1v) is 7.22. The summed E-state index contributed by atoms with van der Waals surface area (Å²) in [6, 6.07) is 3.81. The van der Waals surface area contributed by atoms with Crippen LogP contribution in [0.15, 0.2) is 18.2 Å². The number of nitrogens with zero attached hydrogens (tertiary/aromatic N) is 1. The molecule has 21 heavy (non-hydrogen) atoms. The van der Waals surface area contributed by atoms with Crippen LogP contribution < -0.4 is 11.1 Å². The van der Waals surface area contributed by atoms with E-state index in [1.165, 1.54) is 6.07 Å². The van der Waals surface area contributed by atoms with Gasteiger partial charge in [-0.05, 0) is 31.9 Å². The third-order valence-corrected chi connectivity index (χ3v) is 4.00. The molecule has 1 fully saturated rings. The highest BCUT2D eigenvalue weighted by atomic mass is 19.2. The summed E-state index contributed by atoms with van der Waals surface area (Å²) in [5, 5.41) is 2.59. The molecule has 116 valence electrons. The van der Waals surface area contributed by atoms with Gasteiger partial charge in [0.25, 0.3) is 0 Å². The molecule has 1 heterocycles. The first kappa shape index (κ1) is 15.9. The number of piperidine rings is 1. The summed E-state index contributed by atoms with van der Waals surface area (Å²) in [6.45, 7) is 2.80. The Bertz CT molecular complexity index is 510. The van der Waals surface area contributed by atoms with Crippen molar-refractivity contribution < 1.29 is 13.6 Å². The number of nitrogens with one attached hydrogen (secondary N) is 1. The first-order chi connectivity index (χ1) is 10.0. The fourth-order valence-electron chi connectivity index (χ4n) is 2.82. The Morgan fingerprint density at radius 1 is 1.38 bits per heavy atom. The van der Waals surface area contributed by atoms with Crippen molar-refractivity contribution in [2.45, 2.75) is 38.3 Å². The molecule has 1 aromatic rings. The van der Waals surface area contributed by atoms with Gasteiger partial charge in [-0.1, -0.05) is 6.42 Å². The quantitative estimate of drug-likeness (QED) is 0.895. The van der Waals surface area contributed by atoms with Gasteiger partial charge >= 0.3 is 0 Å². The molecule has 0 saturated carbocycles.